The summed E-state index contributed by atoms with van der Waals surface area (Å²) in [6.45, 7) is 8.15. The smallest absolute Gasteiger partial charge is 0.261 e. The van der Waals surface area contributed by atoms with Gasteiger partial charge in [-0.1, -0.05) is 50.2 Å². The van der Waals surface area contributed by atoms with Gasteiger partial charge in [-0.05, 0) is 55.5 Å². The Balaban J connectivity index is 2.06. The Kier molecular flexibility index (Phi) is 6.42. The zero-order chi connectivity index (χ0) is 17.5. The first-order valence-corrected chi connectivity index (χ1v) is 8.64. The summed E-state index contributed by atoms with van der Waals surface area (Å²) in [5.41, 5.74) is 3.50. The normalized spacial score (nSPS) is 13.2. The number of carbonyl (C=O) groups is 1. The van der Waals surface area contributed by atoms with E-state index in [1.165, 1.54) is 11.1 Å². The molecule has 2 rings (SSSR count). The van der Waals surface area contributed by atoms with E-state index in [0.717, 1.165) is 17.7 Å². The average Bonchev–Trinajstić information content (AvgIpc) is 2.61. The number of nitrogens with one attached hydrogen (secondary N) is 1. The molecular weight excluding hydrogens is 298 g/mol. The molecule has 3 nitrogen and oxygen atoms in total. The monoisotopic (exact) mass is 325 g/mol. The van der Waals surface area contributed by atoms with E-state index < -0.39 is 6.10 Å². The van der Waals surface area contributed by atoms with Gasteiger partial charge >= 0.3 is 0 Å². The van der Waals surface area contributed by atoms with E-state index in [0.29, 0.717) is 6.42 Å². The molecule has 0 unspecified atom stereocenters. The van der Waals surface area contributed by atoms with E-state index in [2.05, 4.69) is 19.2 Å². The van der Waals surface area contributed by atoms with Crippen molar-refractivity contribution in [2.45, 2.75) is 52.7 Å². The fourth-order valence-electron chi connectivity index (χ4n) is 2.64. The quantitative estimate of drug-likeness (QED) is 0.799. The summed E-state index contributed by atoms with van der Waals surface area (Å²) in [7, 11) is 0. The number of rotatable bonds is 7. The Labute approximate surface area is 145 Å². The Bertz CT molecular complexity index is 667. The molecule has 24 heavy (non-hydrogen) atoms. The summed E-state index contributed by atoms with van der Waals surface area (Å²) in [4.78, 5) is 12.6. The fraction of sp³-hybridized carbons (Fsp3) is 0.381. The van der Waals surface area contributed by atoms with Crippen LogP contribution in [0.4, 0.5) is 0 Å². The highest BCUT2D eigenvalue weighted by molar-refractivity contribution is 5.81. The molecule has 0 heterocycles. The number of benzene rings is 2. The van der Waals surface area contributed by atoms with Gasteiger partial charge in [0, 0.05) is 0 Å². The van der Waals surface area contributed by atoms with Crippen molar-refractivity contribution in [1.82, 2.24) is 5.32 Å². The van der Waals surface area contributed by atoms with Gasteiger partial charge < -0.3 is 10.1 Å². The fourth-order valence-corrected chi connectivity index (χ4v) is 2.64. The summed E-state index contributed by atoms with van der Waals surface area (Å²) in [5, 5.41) is 3.12. The first-order chi connectivity index (χ1) is 11.5. The van der Waals surface area contributed by atoms with Crippen molar-refractivity contribution in [1.29, 1.82) is 0 Å². The van der Waals surface area contributed by atoms with Gasteiger partial charge in [0.05, 0.1) is 6.04 Å². The van der Waals surface area contributed by atoms with Crippen molar-refractivity contribution in [3.8, 4) is 5.75 Å². The maximum atomic E-state index is 12.6. The van der Waals surface area contributed by atoms with Crippen molar-refractivity contribution in [3.05, 3.63) is 65.2 Å². The minimum absolute atomic E-state index is 0.0103. The van der Waals surface area contributed by atoms with E-state index in [1.807, 2.05) is 62.4 Å². The van der Waals surface area contributed by atoms with Gasteiger partial charge in [0.15, 0.2) is 6.10 Å². The highest BCUT2D eigenvalue weighted by Gasteiger charge is 2.22. The van der Waals surface area contributed by atoms with E-state index in [1.54, 1.807) is 0 Å². The maximum Gasteiger partial charge on any atom is 0.261 e. The molecule has 0 bridgehead atoms. The Hall–Kier alpha value is -2.29. The van der Waals surface area contributed by atoms with Gasteiger partial charge in [0.25, 0.3) is 5.91 Å². The molecule has 0 spiro atoms. The van der Waals surface area contributed by atoms with Crippen LogP contribution in [-0.2, 0) is 4.79 Å². The van der Waals surface area contributed by atoms with Crippen molar-refractivity contribution < 1.29 is 9.53 Å². The van der Waals surface area contributed by atoms with Gasteiger partial charge in [0.2, 0.25) is 0 Å². The van der Waals surface area contributed by atoms with Crippen LogP contribution >= 0.6 is 0 Å². The lowest BCUT2D eigenvalue weighted by molar-refractivity contribution is -0.128. The predicted molar refractivity (Wildman–Crippen MR) is 98.2 cm³/mol. The number of carbonyl (C=O) groups excluding carboxylic acids is 1. The maximum absolute atomic E-state index is 12.6. The molecule has 0 aliphatic heterocycles. The van der Waals surface area contributed by atoms with Crippen LogP contribution in [0, 0.1) is 13.8 Å². The first-order valence-electron chi connectivity index (χ1n) is 8.64. The topological polar surface area (TPSA) is 38.3 Å². The molecule has 1 N–H and O–H groups in total. The number of hydrogen-bond donors (Lipinski definition) is 1. The Morgan fingerprint density at radius 1 is 1.00 bits per heavy atom. The van der Waals surface area contributed by atoms with Crippen LogP contribution in [0.1, 0.15) is 49.4 Å². The molecule has 0 aliphatic rings. The lowest BCUT2D eigenvalue weighted by atomic mass is 10.0. The minimum atomic E-state index is -0.482. The van der Waals surface area contributed by atoms with Gasteiger partial charge in [0.1, 0.15) is 5.75 Å². The van der Waals surface area contributed by atoms with Crippen LogP contribution in [0.25, 0.3) is 0 Å². The third kappa shape index (κ3) is 4.60. The molecule has 0 radical (unpaired) electrons. The zero-order valence-corrected chi connectivity index (χ0v) is 15.0. The lowest BCUT2D eigenvalue weighted by Gasteiger charge is -2.22. The highest BCUT2D eigenvalue weighted by Crippen LogP contribution is 2.20. The number of hydrogen-bond acceptors (Lipinski definition) is 2. The molecule has 0 saturated heterocycles. The molecule has 3 heteroatoms. The SMILES string of the molecule is CC[C@@H](Oc1ccc(C)c(C)c1)C(=O)N[C@H](CC)c1ccccc1. The third-order valence-corrected chi connectivity index (χ3v) is 4.35. The molecular formula is C21H27NO2. The summed E-state index contributed by atoms with van der Waals surface area (Å²) < 4.78 is 5.93. The van der Waals surface area contributed by atoms with Gasteiger partial charge in [-0.15, -0.1) is 0 Å². The number of amides is 1. The molecule has 2 atom stereocenters. The number of ether oxygens (including phenoxy) is 1. The minimum Gasteiger partial charge on any atom is -0.481 e. The van der Waals surface area contributed by atoms with Crippen LogP contribution in [0.5, 0.6) is 5.75 Å². The van der Waals surface area contributed by atoms with Gasteiger partial charge in [-0.2, -0.15) is 0 Å². The van der Waals surface area contributed by atoms with Crippen LogP contribution < -0.4 is 10.1 Å². The molecule has 0 saturated carbocycles. The van der Waals surface area contributed by atoms with E-state index >= 15 is 0 Å². The van der Waals surface area contributed by atoms with E-state index in [9.17, 15) is 4.79 Å². The van der Waals surface area contributed by atoms with Crippen molar-refractivity contribution in [2.75, 3.05) is 0 Å². The van der Waals surface area contributed by atoms with Crippen LogP contribution in [0.3, 0.4) is 0 Å². The Morgan fingerprint density at radius 3 is 2.29 bits per heavy atom. The summed E-state index contributed by atoms with van der Waals surface area (Å²) >= 11 is 0. The molecule has 0 fully saturated rings. The standard InChI is InChI=1S/C21H27NO2/c1-5-19(17-10-8-7-9-11-17)22-21(23)20(6-2)24-18-13-12-15(3)16(4)14-18/h7-14,19-20H,5-6H2,1-4H3,(H,22,23)/t19-,20-/m1/s1. The molecule has 128 valence electrons. The lowest BCUT2D eigenvalue weighted by Crippen LogP contribution is -2.39. The van der Waals surface area contributed by atoms with Crippen molar-refractivity contribution >= 4 is 5.91 Å². The van der Waals surface area contributed by atoms with Gasteiger partial charge in [-0.3, -0.25) is 4.79 Å². The van der Waals surface area contributed by atoms with E-state index in [-0.39, 0.29) is 11.9 Å². The Morgan fingerprint density at radius 2 is 1.71 bits per heavy atom. The summed E-state index contributed by atoms with van der Waals surface area (Å²) in [5.74, 6) is 0.680. The summed E-state index contributed by atoms with van der Waals surface area (Å²) in [6, 6.07) is 16.0. The molecule has 0 aromatic heterocycles. The predicted octanol–water partition coefficient (Wildman–Crippen LogP) is 4.73. The highest BCUT2D eigenvalue weighted by atomic mass is 16.5. The first kappa shape index (κ1) is 18.1. The number of aryl methyl sites for hydroxylation is 2. The van der Waals surface area contributed by atoms with E-state index in [4.69, 9.17) is 4.74 Å². The molecule has 0 aliphatic carbocycles. The van der Waals surface area contributed by atoms with Crippen LogP contribution in [0.2, 0.25) is 0 Å². The second-order valence-corrected chi connectivity index (χ2v) is 6.14. The average molecular weight is 325 g/mol. The third-order valence-electron chi connectivity index (χ3n) is 4.35. The second-order valence-electron chi connectivity index (χ2n) is 6.14. The molecule has 2 aromatic carbocycles. The van der Waals surface area contributed by atoms with Crippen LogP contribution in [0.15, 0.2) is 48.5 Å². The zero-order valence-electron chi connectivity index (χ0n) is 15.0. The largest absolute Gasteiger partial charge is 0.481 e. The molecule has 1 amide bonds. The van der Waals surface area contributed by atoms with Crippen molar-refractivity contribution in [2.24, 2.45) is 0 Å². The van der Waals surface area contributed by atoms with Crippen molar-refractivity contribution in [3.63, 3.8) is 0 Å². The molecule has 2 aromatic rings. The second kappa shape index (κ2) is 8.53. The summed E-state index contributed by atoms with van der Waals surface area (Å²) in [6.07, 6.45) is 0.990. The van der Waals surface area contributed by atoms with Gasteiger partial charge in [-0.25, -0.2) is 0 Å². The van der Waals surface area contributed by atoms with Crippen LogP contribution in [-0.4, -0.2) is 12.0 Å².